The van der Waals surface area contributed by atoms with Gasteiger partial charge in [0.2, 0.25) is 0 Å². The molecule has 1 aromatic carbocycles. The molecule has 1 amide bonds. The van der Waals surface area contributed by atoms with Crippen LogP contribution in [0.3, 0.4) is 0 Å². The first kappa shape index (κ1) is 17.2. The predicted octanol–water partition coefficient (Wildman–Crippen LogP) is 2.19. The summed E-state index contributed by atoms with van der Waals surface area (Å²) in [6.07, 6.45) is 0.458. The van der Waals surface area contributed by atoms with Crippen LogP contribution in [0.25, 0.3) is 0 Å². The van der Waals surface area contributed by atoms with E-state index >= 15 is 0 Å². The Labute approximate surface area is 126 Å². The molecule has 0 saturated carbocycles. The van der Waals surface area contributed by atoms with E-state index in [1.807, 2.05) is 0 Å². The van der Waals surface area contributed by atoms with Crippen molar-refractivity contribution in [1.29, 1.82) is 0 Å². The molecular formula is C14H16N2O6. The summed E-state index contributed by atoms with van der Waals surface area (Å²) in [5.41, 5.74) is 0.0257. The molecule has 1 atom stereocenters. The summed E-state index contributed by atoms with van der Waals surface area (Å²) >= 11 is 0. The Morgan fingerprint density at radius 2 is 2.14 bits per heavy atom. The molecule has 22 heavy (non-hydrogen) atoms. The van der Waals surface area contributed by atoms with E-state index in [0.29, 0.717) is 0 Å². The van der Waals surface area contributed by atoms with Gasteiger partial charge in [0.25, 0.3) is 5.69 Å². The predicted molar refractivity (Wildman–Crippen MR) is 77.3 cm³/mol. The summed E-state index contributed by atoms with van der Waals surface area (Å²) in [5, 5.41) is 20.1. The van der Waals surface area contributed by atoms with Crippen molar-refractivity contribution in [2.24, 2.45) is 0 Å². The van der Waals surface area contributed by atoms with E-state index < -0.39 is 23.0 Å². The van der Waals surface area contributed by atoms with Crippen molar-refractivity contribution in [3.05, 3.63) is 52.6 Å². The SMILES string of the molecule is C=CCOC(=O)N(Cc1ccccc1[N+](=O)[O-])[C@@H](C)C(=O)O. The van der Waals surface area contributed by atoms with E-state index in [2.05, 4.69) is 6.58 Å². The van der Waals surface area contributed by atoms with Crippen molar-refractivity contribution < 1.29 is 24.4 Å². The van der Waals surface area contributed by atoms with Crippen LogP contribution in [0.2, 0.25) is 0 Å². The molecule has 0 spiro atoms. The molecule has 8 heteroatoms. The van der Waals surface area contributed by atoms with E-state index in [1.54, 1.807) is 6.07 Å². The highest BCUT2D eigenvalue weighted by Crippen LogP contribution is 2.21. The number of nitrogens with zero attached hydrogens (tertiary/aromatic N) is 2. The topological polar surface area (TPSA) is 110 Å². The van der Waals surface area contributed by atoms with Crippen LogP contribution in [0.15, 0.2) is 36.9 Å². The first-order valence-electron chi connectivity index (χ1n) is 6.37. The number of carbonyl (C=O) groups is 2. The van der Waals surface area contributed by atoms with Gasteiger partial charge in [0.05, 0.1) is 11.5 Å². The molecule has 0 aliphatic rings. The summed E-state index contributed by atoms with van der Waals surface area (Å²) in [6, 6.07) is 4.61. The standard InChI is InChI=1S/C14H16N2O6/c1-3-8-22-14(19)15(10(2)13(17)18)9-11-6-4-5-7-12(11)16(20)21/h3-7,10H,1,8-9H2,2H3,(H,17,18)/t10-/m0/s1. The largest absolute Gasteiger partial charge is 0.480 e. The Balaban J connectivity index is 3.08. The Hall–Kier alpha value is -2.90. The fourth-order valence-corrected chi connectivity index (χ4v) is 1.71. The van der Waals surface area contributed by atoms with Crippen LogP contribution in [0.1, 0.15) is 12.5 Å². The van der Waals surface area contributed by atoms with Crippen molar-refractivity contribution in [3.63, 3.8) is 0 Å². The number of hydrogen-bond donors (Lipinski definition) is 1. The first-order chi connectivity index (χ1) is 10.4. The van der Waals surface area contributed by atoms with E-state index in [4.69, 9.17) is 9.84 Å². The molecule has 0 unspecified atom stereocenters. The fourth-order valence-electron chi connectivity index (χ4n) is 1.71. The van der Waals surface area contributed by atoms with Gasteiger partial charge >= 0.3 is 12.1 Å². The van der Waals surface area contributed by atoms with Crippen LogP contribution >= 0.6 is 0 Å². The van der Waals surface area contributed by atoms with Crippen molar-refractivity contribution >= 4 is 17.7 Å². The van der Waals surface area contributed by atoms with Gasteiger partial charge in [-0.05, 0) is 6.92 Å². The highest BCUT2D eigenvalue weighted by molar-refractivity contribution is 5.79. The third-order valence-corrected chi connectivity index (χ3v) is 2.91. The van der Waals surface area contributed by atoms with Crippen LogP contribution in [0, 0.1) is 10.1 Å². The number of carboxylic acids is 1. The van der Waals surface area contributed by atoms with Crippen molar-refractivity contribution in [3.8, 4) is 0 Å². The van der Waals surface area contributed by atoms with Gasteiger partial charge in [-0.25, -0.2) is 9.59 Å². The molecule has 1 N–H and O–H groups in total. The number of rotatable bonds is 7. The number of amides is 1. The van der Waals surface area contributed by atoms with Gasteiger partial charge in [-0.1, -0.05) is 30.9 Å². The molecule has 0 fully saturated rings. The number of carbonyl (C=O) groups excluding carboxylic acids is 1. The lowest BCUT2D eigenvalue weighted by Gasteiger charge is -2.25. The Morgan fingerprint density at radius 3 is 2.68 bits per heavy atom. The second kappa shape index (κ2) is 7.77. The molecule has 0 aromatic heterocycles. The van der Waals surface area contributed by atoms with Crippen LogP contribution in [0.4, 0.5) is 10.5 Å². The van der Waals surface area contributed by atoms with Gasteiger partial charge in [0.15, 0.2) is 0 Å². The smallest absolute Gasteiger partial charge is 0.411 e. The van der Waals surface area contributed by atoms with E-state index in [9.17, 15) is 19.7 Å². The van der Waals surface area contributed by atoms with Crippen molar-refractivity contribution in [2.75, 3.05) is 6.61 Å². The number of nitro groups is 1. The number of benzene rings is 1. The van der Waals surface area contributed by atoms with E-state index in [-0.39, 0.29) is 24.4 Å². The van der Waals surface area contributed by atoms with E-state index in [0.717, 1.165) is 4.90 Å². The molecule has 1 rings (SSSR count). The van der Waals surface area contributed by atoms with Gasteiger partial charge in [0, 0.05) is 11.6 Å². The average molecular weight is 308 g/mol. The second-order valence-corrected chi connectivity index (χ2v) is 4.39. The van der Waals surface area contributed by atoms with Gasteiger partial charge in [-0.15, -0.1) is 0 Å². The third kappa shape index (κ3) is 4.30. The zero-order chi connectivity index (χ0) is 16.7. The molecule has 0 aliphatic heterocycles. The van der Waals surface area contributed by atoms with Crippen LogP contribution in [0.5, 0.6) is 0 Å². The van der Waals surface area contributed by atoms with Crippen molar-refractivity contribution in [2.45, 2.75) is 19.5 Å². The van der Waals surface area contributed by atoms with Crippen LogP contribution < -0.4 is 0 Å². The molecule has 0 heterocycles. The average Bonchev–Trinajstić information content (AvgIpc) is 2.49. The van der Waals surface area contributed by atoms with Crippen LogP contribution in [-0.4, -0.2) is 39.6 Å². The molecule has 0 radical (unpaired) electrons. The lowest BCUT2D eigenvalue weighted by Crippen LogP contribution is -2.43. The molecule has 1 aromatic rings. The Morgan fingerprint density at radius 1 is 1.50 bits per heavy atom. The summed E-state index contributed by atoms with van der Waals surface area (Å²) in [5.74, 6) is -1.24. The maximum atomic E-state index is 12.0. The number of nitro benzene ring substituents is 1. The summed E-state index contributed by atoms with van der Waals surface area (Å²) in [7, 11) is 0. The number of hydrogen-bond acceptors (Lipinski definition) is 5. The minimum atomic E-state index is -1.24. The molecule has 118 valence electrons. The zero-order valence-electron chi connectivity index (χ0n) is 12.0. The summed E-state index contributed by atoms with van der Waals surface area (Å²) in [6.45, 7) is 4.36. The lowest BCUT2D eigenvalue weighted by molar-refractivity contribution is -0.385. The maximum Gasteiger partial charge on any atom is 0.411 e. The third-order valence-electron chi connectivity index (χ3n) is 2.91. The highest BCUT2D eigenvalue weighted by atomic mass is 16.6. The fraction of sp³-hybridized carbons (Fsp3) is 0.286. The monoisotopic (exact) mass is 308 g/mol. The maximum absolute atomic E-state index is 12.0. The molecule has 0 saturated heterocycles. The second-order valence-electron chi connectivity index (χ2n) is 4.39. The minimum absolute atomic E-state index is 0.0848. The summed E-state index contributed by atoms with van der Waals surface area (Å²) in [4.78, 5) is 34.4. The number of aliphatic carboxylic acids is 1. The number of carboxylic acid groups (broad SMARTS) is 1. The molecule has 8 nitrogen and oxygen atoms in total. The van der Waals surface area contributed by atoms with Gasteiger partial charge in [-0.3, -0.25) is 15.0 Å². The first-order valence-corrected chi connectivity index (χ1v) is 6.37. The normalized spacial score (nSPS) is 11.3. The van der Waals surface area contributed by atoms with Crippen LogP contribution in [-0.2, 0) is 16.1 Å². The molecule has 0 bridgehead atoms. The minimum Gasteiger partial charge on any atom is -0.480 e. The quantitative estimate of drug-likeness (QED) is 0.469. The summed E-state index contributed by atoms with van der Waals surface area (Å²) < 4.78 is 4.83. The zero-order valence-corrected chi connectivity index (χ0v) is 12.0. The Bertz CT molecular complexity index is 586. The van der Waals surface area contributed by atoms with Crippen molar-refractivity contribution in [1.82, 2.24) is 4.90 Å². The van der Waals surface area contributed by atoms with Gasteiger partial charge in [-0.2, -0.15) is 0 Å². The number of para-hydroxylation sites is 1. The van der Waals surface area contributed by atoms with Gasteiger partial charge < -0.3 is 9.84 Å². The lowest BCUT2D eigenvalue weighted by atomic mass is 10.1. The Kier molecular flexibility index (Phi) is 6.06. The molecule has 0 aliphatic carbocycles. The molecular weight excluding hydrogens is 292 g/mol. The van der Waals surface area contributed by atoms with Gasteiger partial charge in [0.1, 0.15) is 12.6 Å². The van der Waals surface area contributed by atoms with E-state index in [1.165, 1.54) is 31.2 Å². The highest BCUT2D eigenvalue weighted by Gasteiger charge is 2.29. The number of ether oxygens (including phenoxy) is 1.